The molecule has 2 saturated heterocycles. The lowest BCUT2D eigenvalue weighted by Crippen LogP contribution is -2.46. The number of carbonyl (C=O) groups excluding carboxylic acids is 2. The lowest BCUT2D eigenvalue weighted by molar-refractivity contribution is -0.142. The summed E-state index contributed by atoms with van der Waals surface area (Å²) in [6, 6.07) is 10.4. The van der Waals surface area contributed by atoms with Crippen LogP contribution >= 0.6 is 0 Å². The van der Waals surface area contributed by atoms with Gasteiger partial charge in [-0.25, -0.2) is 0 Å². The number of carbonyl (C=O) groups is 2. The molecule has 0 spiro atoms. The molecule has 1 aromatic carbocycles. The highest BCUT2D eigenvalue weighted by Crippen LogP contribution is 2.22. The maximum absolute atomic E-state index is 12.5. The van der Waals surface area contributed by atoms with Gasteiger partial charge in [0.1, 0.15) is 0 Å². The molecule has 1 aromatic rings. The number of aryl methyl sites for hydroxylation is 1. The highest BCUT2D eigenvalue weighted by atomic mass is 16.2. The number of rotatable bonds is 5. The summed E-state index contributed by atoms with van der Waals surface area (Å²) in [5.74, 6) is 0.495. The summed E-state index contributed by atoms with van der Waals surface area (Å²) < 4.78 is 0. The lowest BCUT2D eigenvalue weighted by atomic mass is 9.95. The molecule has 1 atom stereocenters. The third-order valence-electron chi connectivity index (χ3n) is 5.00. The summed E-state index contributed by atoms with van der Waals surface area (Å²) in [7, 11) is 0. The monoisotopic (exact) mass is 314 g/mol. The number of hydrogen-bond acceptors (Lipinski definition) is 2. The van der Waals surface area contributed by atoms with Crippen molar-refractivity contribution in [2.24, 2.45) is 5.92 Å². The quantitative estimate of drug-likeness (QED) is 0.838. The Hall–Kier alpha value is -1.84. The van der Waals surface area contributed by atoms with Crippen molar-refractivity contribution in [3.8, 4) is 0 Å². The van der Waals surface area contributed by atoms with E-state index in [9.17, 15) is 9.59 Å². The molecule has 124 valence electrons. The van der Waals surface area contributed by atoms with E-state index in [1.165, 1.54) is 5.56 Å². The van der Waals surface area contributed by atoms with Gasteiger partial charge in [0, 0.05) is 32.6 Å². The molecule has 23 heavy (non-hydrogen) atoms. The highest BCUT2D eigenvalue weighted by Gasteiger charge is 2.33. The molecule has 0 aromatic heterocycles. The number of likely N-dealkylation sites (tertiary alicyclic amines) is 2. The van der Waals surface area contributed by atoms with E-state index >= 15 is 0 Å². The smallest absolute Gasteiger partial charge is 0.227 e. The van der Waals surface area contributed by atoms with Crippen LogP contribution in [0, 0.1) is 5.92 Å². The predicted molar refractivity (Wildman–Crippen MR) is 89.9 cm³/mol. The van der Waals surface area contributed by atoms with Gasteiger partial charge in [0.05, 0.1) is 5.92 Å². The van der Waals surface area contributed by atoms with E-state index in [1.807, 2.05) is 28.0 Å². The molecule has 0 saturated carbocycles. The Kier molecular flexibility index (Phi) is 5.31. The maximum atomic E-state index is 12.5. The number of hydrogen-bond donors (Lipinski definition) is 0. The molecule has 2 heterocycles. The molecule has 4 nitrogen and oxygen atoms in total. The summed E-state index contributed by atoms with van der Waals surface area (Å²) >= 11 is 0. The van der Waals surface area contributed by atoms with Gasteiger partial charge in [-0.1, -0.05) is 30.3 Å². The standard InChI is InChI=1S/C19H26N2O2/c22-18-11-10-17(19(23)20-12-4-5-13-20)15-21(18)14-6-9-16-7-2-1-3-8-16/h1-3,7-8,17H,4-6,9-15H2/t17-/m0/s1. The summed E-state index contributed by atoms with van der Waals surface area (Å²) in [4.78, 5) is 28.6. The molecule has 2 amide bonds. The Morgan fingerprint density at radius 3 is 2.61 bits per heavy atom. The van der Waals surface area contributed by atoms with Crippen molar-refractivity contribution in [1.29, 1.82) is 0 Å². The van der Waals surface area contributed by atoms with Crippen LogP contribution in [-0.2, 0) is 16.0 Å². The van der Waals surface area contributed by atoms with Crippen molar-refractivity contribution in [3.05, 3.63) is 35.9 Å². The first kappa shape index (κ1) is 16.0. The Balaban J connectivity index is 1.49. The second kappa shape index (κ2) is 7.62. The van der Waals surface area contributed by atoms with Gasteiger partial charge in [0.2, 0.25) is 11.8 Å². The van der Waals surface area contributed by atoms with Gasteiger partial charge in [-0.15, -0.1) is 0 Å². The van der Waals surface area contributed by atoms with E-state index in [-0.39, 0.29) is 17.7 Å². The molecular weight excluding hydrogens is 288 g/mol. The number of nitrogens with zero attached hydrogens (tertiary/aromatic N) is 2. The Morgan fingerprint density at radius 1 is 1.13 bits per heavy atom. The van der Waals surface area contributed by atoms with Crippen LogP contribution in [0.5, 0.6) is 0 Å². The Bertz CT molecular complexity index is 538. The zero-order valence-corrected chi connectivity index (χ0v) is 13.7. The van der Waals surface area contributed by atoms with Crippen molar-refractivity contribution in [2.45, 2.75) is 38.5 Å². The molecule has 2 aliphatic rings. The van der Waals surface area contributed by atoms with Gasteiger partial charge in [-0.05, 0) is 37.7 Å². The highest BCUT2D eigenvalue weighted by molar-refractivity contribution is 5.84. The van der Waals surface area contributed by atoms with Crippen LogP contribution in [0.15, 0.2) is 30.3 Å². The van der Waals surface area contributed by atoms with Crippen LogP contribution in [0.2, 0.25) is 0 Å². The third kappa shape index (κ3) is 4.12. The largest absolute Gasteiger partial charge is 0.342 e. The van der Waals surface area contributed by atoms with Crippen molar-refractivity contribution in [2.75, 3.05) is 26.2 Å². The number of benzene rings is 1. The molecule has 0 unspecified atom stereocenters. The van der Waals surface area contributed by atoms with Crippen LogP contribution in [-0.4, -0.2) is 47.8 Å². The van der Waals surface area contributed by atoms with Crippen molar-refractivity contribution in [3.63, 3.8) is 0 Å². The fraction of sp³-hybridized carbons (Fsp3) is 0.579. The van der Waals surface area contributed by atoms with Crippen LogP contribution in [0.3, 0.4) is 0 Å². The first-order chi connectivity index (χ1) is 11.2. The molecule has 0 N–H and O–H groups in total. The minimum atomic E-state index is 0.0162. The van der Waals surface area contributed by atoms with Gasteiger partial charge in [-0.3, -0.25) is 9.59 Å². The normalized spacial score (nSPS) is 21.7. The average Bonchev–Trinajstić information content (AvgIpc) is 3.11. The van der Waals surface area contributed by atoms with Gasteiger partial charge < -0.3 is 9.80 Å². The van der Waals surface area contributed by atoms with Gasteiger partial charge in [-0.2, -0.15) is 0 Å². The lowest BCUT2D eigenvalue weighted by Gasteiger charge is -2.33. The summed E-state index contributed by atoms with van der Waals surface area (Å²) in [6.07, 6.45) is 5.44. The molecule has 2 aliphatic heterocycles. The minimum absolute atomic E-state index is 0.0162. The maximum Gasteiger partial charge on any atom is 0.227 e. The molecule has 0 aliphatic carbocycles. The van der Waals surface area contributed by atoms with Gasteiger partial charge in [0.15, 0.2) is 0 Å². The van der Waals surface area contributed by atoms with Gasteiger partial charge in [0.25, 0.3) is 0 Å². The van der Waals surface area contributed by atoms with Crippen LogP contribution in [0.25, 0.3) is 0 Å². The zero-order chi connectivity index (χ0) is 16.1. The second-order valence-electron chi connectivity index (χ2n) is 6.70. The first-order valence-corrected chi connectivity index (χ1v) is 8.84. The predicted octanol–water partition coefficient (Wildman–Crippen LogP) is 2.48. The molecule has 4 heteroatoms. The number of amides is 2. The summed E-state index contributed by atoms with van der Waals surface area (Å²) in [5, 5.41) is 0. The van der Waals surface area contributed by atoms with E-state index in [2.05, 4.69) is 12.1 Å². The fourth-order valence-electron chi connectivity index (χ4n) is 3.65. The summed E-state index contributed by atoms with van der Waals surface area (Å²) in [6.45, 7) is 3.18. The van der Waals surface area contributed by atoms with E-state index < -0.39 is 0 Å². The Labute approximate surface area is 138 Å². The first-order valence-electron chi connectivity index (χ1n) is 8.84. The van der Waals surface area contributed by atoms with Crippen molar-refractivity contribution in [1.82, 2.24) is 9.80 Å². The van der Waals surface area contributed by atoms with Crippen molar-refractivity contribution >= 4 is 11.8 Å². The van der Waals surface area contributed by atoms with E-state index in [4.69, 9.17) is 0 Å². The molecule has 0 bridgehead atoms. The second-order valence-corrected chi connectivity index (χ2v) is 6.70. The minimum Gasteiger partial charge on any atom is -0.342 e. The zero-order valence-electron chi connectivity index (χ0n) is 13.7. The Morgan fingerprint density at radius 2 is 1.87 bits per heavy atom. The van der Waals surface area contributed by atoms with Crippen LogP contribution in [0.4, 0.5) is 0 Å². The number of piperidine rings is 1. The van der Waals surface area contributed by atoms with Crippen molar-refractivity contribution < 1.29 is 9.59 Å². The summed E-state index contributed by atoms with van der Waals surface area (Å²) in [5.41, 5.74) is 1.31. The van der Waals surface area contributed by atoms with Crippen LogP contribution < -0.4 is 0 Å². The fourth-order valence-corrected chi connectivity index (χ4v) is 3.65. The molecule has 0 radical (unpaired) electrons. The topological polar surface area (TPSA) is 40.6 Å². The van der Waals surface area contributed by atoms with E-state index in [0.29, 0.717) is 13.0 Å². The van der Waals surface area contributed by atoms with E-state index in [1.54, 1.807) is 0 Å². The van der Waals surface area contributed by atoms with Crippen LogP contribution in [0.1, 0.15) is 37.7 Å². The van der Waals surface area contributed by atoms with E-state index in [0.717, 1.165) is 51.7 Å². The molecule has 2 fully saturated rings. The molecule has 3 rings (SSSR count). The molecular formula is C19H26N2O2. The van der Waals surface area contributed by atoms with Gasteiger partial charge >= 0.3 is 0 Å². The average molecular weight is 314 g/mol. The SMILES string of the molecule is O=C1CC[C@H](C(=O)N2CCCC2)CN1CCCc1ccccc1. The third-order valence-corrected chi connectivity index (χ3v) is 5.00.